The Balaban J connectivity index is 1.79. The van der Waals surface area contributed by atoms with Crippen molar-refractivity contribution in [1.29, 1.82) is 0 Å². The number of hydrogen-bond donors (Lipinski definition) is 1. The van der Waals surface area contributed by atoms with Crippen LogP contribution in [0.1, 0.15) is 15.9 Å². The van der Waals surface area contributed by atoms with Crippen molar-refractivity contribution in [1.82, 2.24) is 5.43 Å². The van der Waals surface area contributed by atoms with E-state index in [0.717, 1.165) is 0 Å². The van der Waals surface area contributed by atoms with E-state index in [1.54, 1.807) is 42.5 Å². The summed E-state index contributed by atoms with van der Waals surface area (Å²) in [6.45, 7) is 0. The second kappa shape index (κ2) is 10.3. The molecule has 0 fully saturated rings. The number of nitrogens with one attached hydrogen (secondary N) is 1. The van der Waals surface area contributed by atoms with Crippen LogP contribution in [0.3, 0.4) is 0 Å². The number of carbonyl (C=O) groups is 1. The lowest BCUT2D eigenvalue weighted by molar-refractivity contribution is 0.0952. The van der Waals surface area contributed by atoms with Crippen molar-refractivity contribution in [3.05, 3.63) is 82.3 Å². The average molecular weight is 519 g/mol. The van der Waals surface area contributed by atoms with Crippen LogP contribution in [0.25, 0.3) is 0 Å². The van der Waals surface area contributed by atoms with Crippen LogP contribution in [0.2, 0.25) is 0 Å². The van der Waals surface area contributed by atoms with Crippen molar-refractivity contribution >= 4 is 38.2 Å². The van der Waals surface area contributed by atoms with E-state index in [1.807, 2.05) is 0 Å². The highest BCUT2D eigenvalue weighted by Gasteiger charge is 2.19. The summed E-state index contributed by atoms with van der Waals surface area (Å²) in [4.78, 5) is 12.4. The van der Waals surface area contributed by atoms with Crippen LogP contribution in [0.5, 0.6) is 17.2 Å². The quantitative estimate of drug-likeness (QED) is 0.274. The predicted octanol–water partition coefficient (Wildman–Crippen LogP) is 4.00. The number of halogens is 1. The first-order chi connectivity index (χ1) is 15.3. The summed E-state index contributed by atoms with van der Waals surface area (Å²) in [5.41, 5.74) is 3.19. The van der Waals surface area contributed by atoms with Crippen LogP contribution in [0, 0.1) is 0 Å². The van der Waals surface area contributed by atoms with Gasteiger partial charge in [0.05, 0.1) is 26.0 Å². The number of methoxy groups -OCH3 is 2. The molecule has 1 amide bonds. The molecule has 1 N–H and O–H groups in total. The molecule has 0 aliphatic heterocycles. The van der Waals surface area contributed by atoms with Crippen LogP contribution >= 0.6 is 15.9 Å². The van der Waals surface area contributed by atoms with Gasteiger partial charge in [-0.2, -0.15) is 13.5 Å². The van der Waals surface area contributed by atoms with Gasteiger partial charge in [-0.1, -0.05) is 34.1 Å². The fourth-order valence-electron chi connectivity index (χ4n) is 2.68. The number of rotatable bonds is 8. The number of nitrogens with zero attached hydrogens (tertiary/aromatic N) is 1. The van der Waals surface area contributed by atoms with Crippen LogP contribution in [0.4, 0.5) is 0 Å². The summed E-state index contributed by atoms with van der Waals surface area (Å²) in [7, 11) is -1.19. The first-order valence-corrected chi connectivity index (χ1v) is 11.4. The summed E-state index contributed by atoms with van der Waals surface area (Å²) in [5, 5.41) is 3.93. The minimum atomic E-state index is -4.06. The van der Waals surface area contributed by atoms with Gasteiger partial charge in [-0.05, 0) is 54.1 Å². The number of hydrogen-bond acceptors (Lipinski definition) is 7. The molecule has 0 spiro atoms. The SMILES string of the molecule is COc1ccc(/C=N\NC(=O)c2cc(Br)ccc2OC)cc1OS(=O)(=O)c1ccccc1. The lowest BCUT2D eigenvalue weighted by Gasteiger charge is -2.11. The molecule has 0 aromatic heterocycles. The molecule has 3 aromatic rings. The Kier molecular flexibility index (Phi) is 7.49. The molecule has 0 aliphatic carbocycles. The van der Waals surface area contributed by atoms with E-state index in [-0.39, 0.29) is 16.4 Å². The third kappa shape index (κ3) is 5.65. The Morgan fingerprint density at radius 2 is 1.62 bits per heavy atom. The van der Waals surface area contributed by atoms with Crippen molar-refractivity contribution < 1.29 is 26.9 Å². The highest BCUT2D eigenvalue weighted by atomic mass is 79.9. The maximum Gasteiger partial charge on any atom is 0.339 e. The van der Waals surface area contributed by atoms with Gasteiger partial charge in [0, 0.05) is 4.47 Å². The summed E-state index contributed by atoms with van der Waals surface area (Å²) in [6, 6.07) is 17.4. The van der Waals surface area contributed by atoms with Crippen molar-refractivity contribution in [2.45, 2.75) is 4.90 Å². The monoisotopic (exact) mass is 518 g/mol. The molecular formula is C22H19BrN2O6S. The Hall–Kier alpha value is -3.37. The highest BCUT2D eigenvalue weighted by Crippen LogP contribution is 2.30. The molecule has 0 saturated carbocycles. The molecule has 0 radical (unpaired) electrons. The summed E-state index contributed by atoms with van der Waals surface area (Å²) in [5.74, 6) is 0.132. The fraction of sp³-hybridized carbons (Fsp3) is 0.0909. The van der Waals surface area contributed by atoms with E-state index < -0.39 is 16.0 Å². The van der Waals surface area contributed by atoms with E-state index in [0.29, 0.717) is 21.3 Å². The minimum Gasteiger partial charge on any atom is -0.496 e. The Morgan fingerprint density at radius 3 is 2.31 bits per heavy atom. The minimum absolute atomic E-state index is 0.0105. The molecule has 0 unspecified atom stereocenters. The number of ether oxygens (including phenoxy) is 2. The molecule has 0 atom stereocenters. The normalized spacial score (nSPS) is 11.2. The average Bonchev–Trinajstić information content (AvgIpc) is 2.79. The van der Waals surface area contributed by atoms with Gasteiger partial charge in [0.25, 0.3) is 5.91 Å². The van der Waals surface area contributed by atoms with Gasteiger partial charge in [-0.25, -0.2) is 5.43 Å². The standard InChI is InChI=1S/C22H19BrN2O6S/c1-29-19-11-9-16(23)13-18(19)22(26)25-24-14-15-8-10-20(30-2)21(12-15)31-32(27,28)17-6-4-3-5-7-17/h3-14H,1-2H3,(H,25,26)/b24-14-. The third-order valence-corrected chi connectivity index (χ3v) is 5.95. The molecule has 0 heterocycles. The zero-order valence-electron chi connectivity index (χ0n) is 17.1. The summed E-state index contributed by atoms with van der Waals surface area (Å²) < 4.78 is 41.5. The van der Waals surface area contributed by atoms with E-state index >= 15 is 0 Å². The van der Waals surface area contributed by atoms with Crippen LogP contribution < -0.4 is 19.1 Å². The molecular weight excluding hydrogens is 500 g/mol. The fourth-order valence-corrected chi connectivity index (χ4v) is 3.99. The van der Waals surface area contributed by atoms with Crippen molar-refractivity contribution in [3.8, 4) is 17.2 Å². The van der Waals surface area contributed by atoms with Crippen molar-refractivity contribution in [3.63, 3.8) is 0 Å². The number of carbonyl (C=O) groups excluding carboxylic acids is 1. The lowest BCUT2D eigenvalue weighted by atomic mass is 10.2. The molecule has 0 bridgehead atoms. The predicted molar refractivity (Wildman–Crippen MR) is 123 cm³/mol. The third-order valence-electron chi connectivity index (χ3n) is 4.20. The first kappa shape index (κ1) is 23.3. The molecule has 3 aromatic carbocycles. The molecule has 0 aliphatic rings. The smallest absolute Gasteiger partial charge is 0.339 e. The number of amides is 1. The zero-order valence-corrected chi connectivity index (χ0v) is 19.5. The van der Waals surface area contributed by atoms with Gasteiger partial charge in [0.1, 0.15) is 10.6 Å². The first-order valence-electron chi connectivity index (χ1n) is 9.18. The Morgan fingerprint density at radius 1 is 0.938 bits per heavy atom. The van der Waals surface area contributed by atoms with Gasteiger partial charge in [-0.3, -0.25) is 4.79 Å². The molecule has 10 heteroatoms. The van der Waals surface area contributed by atoms with Gasteiger partial charge in [0.15, 0.2) is 11.5 Å². The second-order valence-electron chi connectivity index (χ2n) is 6.30. The van der Waals surface area contributed by atoms with Crippen molar-refractivity contribution in [2.75, 3.05) is 14.2 Å². The zero-order chi connectivity index (χ0) is 23.1. The second-order valence-corrected chi connectivity index (χ2v) is 8.77. The Labute approximate surface area is 194 Å². The molecule has 32 heavy (non-hydrogen) atoms. The van der Waals surface area contributed by atoms with E-state index in [9.17, 15) is 13.2 Å². The maximum atomic E-state index is 12.5. The van der Waals surface area contributed by atoms with Gasteiger partial charge in [0.2, 0.25) is 0 Å². The summed E-state index contributed by atoms with van der Waals surface area (Å²) >= 11 is 3.31. The van der Waals surface area contributed by atoms with Crippen molar-refractivity contribution in [2.24, 2.45) is 5.10 Å². The number of benzene rings is 3. The summed E-state index contributed by atoms with van der Waals surface area (Å²) in [6.07, 6.45) is 1.35. The number of hydrazone groups is 1. The van der Waals surface area contributed by atoms with E-state index in [4.69, 9.17) is 13.7 Å². The largest absolute Gasteiger partial charge is 0.496 e. The molecule has 3 rings (SSSR count). The van der Waals surface area contributed by atoms with Gasteiger partial charge < -0.3 is 13.7 Å². The lowest BCUT2D eigenvalue weighted by Crippen LogP contribution is -2.18. The topological polar surface area (TPSA) is 103 Å². The Bertz CT molecular complexity index is 1250. The van der Waals surface area contributed by atoms with Gasteiger partial charge >= 0.3 is 10.1 Å². The highest BCUT2D eigenvalue weighted by molar-refractivity contribution is 9.10. The molecule has 0 saturated heterocycles. The van der Waals surface area contributed by atoms with Crippen LogP contribution in [-0.4, -0.2) is 34.8 Å². The van der Waals surface area contributed by atoms with Gasteiger partial charge in [-0.15, -0.1) is 0 Å². The van der Waals surface area contributed by atoms with E-state index in [1.165, 1.54) is 44.7 Å². The van der Waals surface area contributed by atoms with Crippen LogP contribution in [0.15, 0.2) is 81.2 Å². The van der Waals surface area contributed by atoms with E-state index in [2.05, 4.69) is 26.5 Å². The maximum absolute atomic E-state index is 12.5. The molecule has 166 valence electrons. The molecule has 8 nitrogen and oxygen atoms in total. The van der Waals surface area contributed by atoms with Crippen LogP contribution in [-0.2, 0) is 10.1 Å².